The van der Waals surface area contributed by atoms with Crippen LogP contribution >= 0.6 is 0 Å². The van der Waals surface area contributed by atoms with Gasteiger partial charge in [0.05, 0.1) is 18.8 Å². The quantitative estimate of drug-likeness (QED) is 0.669. The Morgan fingerprint density at radius 2 is 2.05 bits per heavy atom. The Hall–Kier alpha value is -1.40. The van der Waals surface area contributed by atoms with Crippen molar-refractivity contribution < 1.29 is 22.3 Å². The maximum atomic E-state index is 13.3. The molecule has 0 spiro atoms. The first-order chi connectivity index (χ1) is 9.91. The van der Waals surface area contributed by atoms with Gasteiger partial charge in [-0.15, -0.1) is 0 Å². The molecule has 21 heavy (non-hydrogen) atoms. The van der Waals surface area contributed by atoms with E-state index in [1.165, 1.54) is 6.07 Å². The standard InChI is InChI=1S/C15H15F4NO/c16-14-2-1-9(6-13(14)15(17,18)19)3-10-4-11-7-21-8-12(5-10)20-11/h1-2,4,6,11-12,20H,3,5,7-8H2. The van der Waals surface area contributed by atoms with Crippen LogP contribution in [0, 0.1) is 5.82 Å². The summed E-state index contributed by atoms with van der Waals surface area (Å²) in [7, 11) is 0. The van der Waals surface area contributed by atoms with E-state index in [2.05, 4.69) is 5.32 Å². The highest BCUT2D eigenvalue weighted by molar-refractivity contribution is 5.31. The maximum Gasteiger partial charge on any atom is 0.419 e. The van der Waals surface area contributed by atoms with E-state index in [1.54, 1.807) is 0 Å². The number of alkyl halides is 3. The molecule has 0 saturated carbocycles. The lowest BCUT2D eigenvalue weighted by Gasteiger charge is -2.35. The molecule has 2 aliphatic heterocycles. The first-order valence-electron chi connectivity index (χ1n) is 6.81. The zero-order valence-electron chi connectivity index (χ0n) is 11.2. The summed E-state index contributed by atoms with van der Waals surface area (Å²) in [5.41, 5.74) is 0.362. The van der Waals surface area contributed by atoms with Crippen molar-refractivity contribution in [2.75, 3.05) is 13.2 Å². The third-order valence-electron chi connectivity index (χ3n) is 3.78. The van der Waals surface area contributed by atoms with Crippen LogP contribution in [0.15, 0.2) is 29.8 Å². The van der Waals surface area contributed by atoms with Gasteiger partial charge in [0, 0.05) is 12.1 Å². The van der Waals surface area contributed by atoms with E-state index in [9.17, 15) is 17.6 Å². The minimum atomic E-state index is -4.66. The Kier molecular flexibility index (Phi) is 3.75. The van der Waals surface area contributed by atoms with Crippen LogP contribution in [-0.4, -0.2) is 25.3 Å². The Morgan fingerprint density at radius 1 is 1.24 bits per heavy atom. The summed E-state index contributed by atoms with van der Waals surface area (Å²) < 4.78 is 56.8. The Balaban J connectivity index is 1.81. The third kappa shape index (κ3) is 3.27. The lowest BCUT2D eigenvalue weighted by molar-refractivity contribution is -0.140. The predicted molar refractivity (Wildman–Crippen MR) is 69.3 cm³/mol. The van der Waals surface area contributed by atoms with E-state index in [1.807, 2.05) is 6.08 Å². The summed E-state index contributed by atoms with van der Waals surface area (Å²) in [6.07, 6.45) is -1.49. The molecular weight excluding hydrogens is 286 g/mol. The van der Waals surface area contributed by atoms with Gasteiger partial charge >= 0.3 is 6.18 Å². The van der Waals surface area contributed by atoms with Gasteiger partial charge in [-0.1, -0.05) is 17.7 Å². The second kappa shape index (κ2) is 5.42. The van der Waals surface area contributed by atoms with Crippen LogP contribution < -0.4 is 5.32 Å². The molecule has 0 amide bonds. The summed E-state index contributed by atoms with van der Waals surface area (Å²) in [6.45, 7) is 1.20. The van der Waals surface area contributed by atoms with Crippen molar-refractivity contribution in [1.82, 2.24) is 5.32 Å². The Morgan fingerprint density at radius 3 is 2.76 bits per heavy atom. The third-order valence-corrected chi connectivity index (χ3v) is 3.78. The molecule has 2 aliphatic rings. The van der Waals surface area contributed by atoms with E-state index < -0.39 is 17.6 Å². The summed E-state index contributed by atoms with van der Waals surface area (Å²) >= 11 is 0. The lowest BCUT2D eigenvalue weighted by atomic mass is 9.91. The fraction of sp³-hybridized carbons (Fsp3) is 0.467. The molecule has 2 nitrogen and oxygen atoms in total. The Labute approximate surface area is 119 Å². The van der Waals surface area contributed by atoms with E-state index in [4.69, 9.17) is 4.74 Å². The average molecular weight is 301 g/mol. The molecule has 1 saturated heterocycles. The molecule has 1 fully saturated rings. The number of halogens is 4. The summed E-state index contributed by atoms with van der Waals surface area (Å²) in [4.78, 5) is 0. The monoisotopic (exact) mass is 301 g/mol. The van der Waals surface area contributed by atoms with Crippen LogP contribution in [-0.2, 0) is 17.3 Å². The molecule has 2 unspecified atom stereocenters. The highest BCUT2D eigenvalue weighted by Gasteiger charge is 2.34. The van der Waals surface area contributed by atoms with Crippen LogP contribution in [0.5, 0.6) is 0 Å². The van der Waals surface area contributed by atoms with Crippen molar-refractivity contribution in [2.45, 2.75) is 31.1 Å². The zero-order valence-corrected chi connectivity index (χ0v) is 11.2. The number of nitrogens with one attached hydrogen (secondary N) is 1. The molecule has 0 aromatic heterocycles. The van der Waals surface area contributed by atoms with Crippen molar-refractivity contribution >= 4 is 0 Å². The molecule has 0 radical (unpaired) electrons. The Bertz CT molecular complexity index is 567. The van der Waals surface area contributed by atoms with Crippen molar-refractivity contribution in [3.8, 4) is 0 Å². The molecule has 2 atom stereocenters. The van der Waals surface area contributed by atoms with Crippen LogP contribution in [0.1, 0.15) is 17.5 Å². The second-order valence-corrected chi connectivity index (χ2v) is 5.53. The summed E-state index contributed by atoms with van der Waals surface area (Å²) in [5, 5.41) is 3.37. The fourth-order valence-electron chi connectivity index (χ4n) is 2.91. The molecule has 2 heterocycles. The van der Waals surface area contributed by atoms with Crippen LogP contribution in [0.3, 0.4) is 0 Å². The van der Waals surface area contributed by atoms with Gasteiger partial charge in [0.1, 0.15) is 5.82 Å². The van der Waals surface area contributed by atoms with Crippen LogP contribution in [0.4, 0.5) is 17.6 Å². The highest BCUT2D eigenvalue weighted by atomic mass is 19.4. The first kappa shape index (κ1) is 14.5. The second-order valence-electron chi connectivity index (χ2n) is 5.53. The van der Waals surface area contributed by atoms with Gasteiger partial charge in [0.25, 0.3) is 0 Å². The van der Waals surface area contributed by atoms with E-state index in [-0.39, 0.29) is 12.1 Å². The number of fused-ring (bicyclic) bond motifs is 2. The smallest absolute Gasteiger partial charge is 0.378 e. The van der Waals surface area contributed by atoms with Crippen LogP contribution in [0.25, 0.3) is 0 Å². The van der Waals surface area contributed by atoms with Gasteiger partial charge < -0.3 is 10.1 Å². The number of hydrogen-bond acceptors (Lipinski definition) is 2. The number of ether oxygens (including phenoxy) is 1. The van der Waals surface area contributed by atoms with Crippen molar-refractivity contribution in [3.63, 3.8) is 0 Å². The summed E-state index contributed by atoms with van der Waals surface area (Å²) in [5.74, 6) is -1.23. The summed E-state index contributed by atoms with van der Waals surface area (Å²) in [6, 6.07) is 3.55. The minimum Gasteiger partial charge on any atom is -0.378 e. The maximum absolute atomic E-state index is 13.3. The van der Waals surface area contributed by atoms with Gasteiger partial charge in [-0.3, -0.25) is 0 Å². The normalized spacial score (nSPS) is 25.6. The topological polar surface area (TPSA) is 21.3 Å². The number of rotatable bonds is 2. The zero-order chi connectivity index (χ0) is 15.0. The number of hydrogen-bond donors (Lipinski definition) is 1. The van der Waals surface area contributed by atoms with Gasteiger partial charge in [0.15, 0.2) is 0 Å². The lowest BCUT2D eigenvalue weighted by Crippen LogP contribution is -2.50. The minimum absolute atomic E-state index is 0.120. The first-order valence-corrected chi connectivity index (χ1v) is 6.81. The molecular formula is C15H15F4NO. The fourth-order valence-corrected chi connectivity index (χ4v) is 2.91. The molecule has 2 bridgehead atoms. The SMILES string of the molecule is Fc1ccc(CC2=CC3COCC(C2)N3)cc1C(F)(F)F. The largest absolute Gasteiger partial charge is 0.419 e. The number of benzene rings is 1. The van der Waals surface area contributed by atoms with Gasteiger partial charge in [-0.25, -0.2) is 4.39 Å². The average Bonchev–Trinajstić information content (AvgIpc) is 2.39. The molecule has 6 heteroatoms. The van der Waals surface area contributed by atoms with E-state index in [0.717, 1.165) is 24.1 Å². The van der Waals surface area contributed by atoms with Crippen LogP contribution in [0.2, 0.25) is 0 Å². The van der Waals surface area contributed by atoms with Crippen molar-refractivity contribution in [3.05, 3.63) is 46.8 Å². The van der Waals surface area contributed by atoms with Crippen molar-refractivity contribution in [2.24, 2.45) is 0 Å². The molecule has 0 aliphatic carbocycles. The van der Waals surface area contributed by atoms with Gasteiger partial charge in [-0.2, -0.15) is 13.2 Å². The molecule has 114 valence electrons. The van der Waals surface area contributed by atoms with Gasteiger partial charge in [0.2, 0.25) is 0 Å². The van der Waals surface area contributed by atoms with Crippen molar-refractivity contribution in [1.29, 1.82) is 0 Å². The van der Waals surface area contributed by atoms with Gasteiger partial charge in [-0.05, 0) is 30.5 Å². The number of morpholine rings is 1. The predicted octanol–water partition coefficient (Wildman–Crippen LogP) is 3.07. The molecule has 3 rings (SSSR count). The molecule has 1 aromatic rings. The molecule has 1 N–H and O–H groups in total. The van der Waals surface area contributed by atoms with E-state index in [0.29, 0.717) is 25.2 Å². The van der Waals surface area contributed by atoms with E-state index >= 15 is 0 Å². The molecule has 1 aromatic carbocycles. The highest BCUT2D eigenvalue weighted by Crippen LogP contribution is 2.32.